The van der Waals surface area contributed by atoms with Gasteiger partial charge in [0.25, 0.3) is 0 Å². The van der Waals surface area contributed by atoms with Crippen molar-refractivity contribution in [1.82, 2.24) is 10.6 Å². The number of amides is 1. The minimum atomic E-state index is 0.265. The Bertz CT molecular complexity index is 199. The molecule has 0 aromatic carbocycles. The van der Waals surface area contributed by atoms with Gasteiger partial charge in [0.1, 0.15) is 0 Å². The maximum Gasteiger partial charge on any atom is 0.223 e. The molecule has 1 amide bonds. The molecule has 13 heavy (non-hydrogen) atoms. The van der Waals surface area contributed by atoms with E-state index in [1.807, 2.05) is 0 Å². The van der Waals surface area contributed by atoms with Crippen LogP contribution in [0.4, 0.5) is 0 Å². The van der Waals surface area contributed by atoms with E-state index in [4.69, 9.17) is 0 Å². The second-order valence-electron chi connectivity index (χ2n) is 4.36. The van der Waals surface area contributed by atoms with Crippen molar-refractivity contribution < 1.29 is 4.79 Å². The Labute approximate surface area is 79.3 Å². The predicted molar refractivity (Wildman–Crippen MR) is 51.3 cm³/mol. The molecule has 1 heterocycles. The van der Waals surface area contributed by atoms with Crippen LogP contribution in [0.1, 0.15) is 26.2 Å². The summed E-state index contributed by atoms with van der Waals surface area (Å²) in [5, 5.41) is 6.38. The maximum absolute atomic E-state index is 11.4. The molecule has 2 aliphatic rings. The average molecular weight is 182 g/mol. The molecule has 0 radical (unpaired) electrons. The molecule has 1 saturated heterocycles. The van der Waals surface area contributed by atoms with Gasteiger partial charge >= 0.3 is 0 Å². The number of hydrogen-bond acceptors (Lipinski definition) is 2. The third-order valence-electron chi connectivity index (χ3n) is 3.13. The fourth-order valence-corrected chi connectivity index (χ4v) is 1.97. The van der Waals surface area contributed by atoms with Crippen LogP contribution < -0.4 is 10.6 Å². The van der Waals surface area contributed by atoms with Crippen LogP contribution in [-0.4, -0.2) is 25.0 Å². The molecule has 3 heteroatoms. The Morgan fingerprint density at radius 1 is 1.62 bits per heavy atom. The van der Waals surface area contributed by atoms with Crippen LogP contribution in [0.5, 0.6) is 0 Å². The molecule has 0 spiro atoms. The standard InChI is InChI=1S/C10H18N2O/c1-7-5-9(7)10(13)12-6-8-3-2-4-11-8/h7-9,11H,2-6H2,1H3,(H,12,13). The molecule has 2 fully saturated rings. The lowest BCUT2D eigenvalue weighted by Gasteiger charge is -2.10. The summed E-state index contributed by atoms with van der Waals surface area (Å²) < 4.78 is 0. The molecule has 1 aliphatic carbocycles. The van der Waals surface area contributed by atoms with Crippen molar-refractivity contribution in [2.75, 3.05) is 13.1 Å². The van der Waals surface area contributed by atoms with Crippen LogP contribution in [0.15, 0.2) is 0 Å². The Balaban J connectivity index is 1.64. The van der Waals surface area contributed by atoms with Gasteiger partial charge < -0.3 is 10.6 Å². The van der Waals surface area contributed by atoms with Crippen molar-refractivity contribution in [2.24, 2.45) is 11.8 Å². The van der Waals surface area contributed by atoms with Crippen LogP contribution in [0.2, 0.25) is 0 Å². The molecule has 3 atom stereocenters. The molecule has 3 unspecified atom stereocenters. The SMILES string of the molecule is CC1CC1C(=O)NCC1CCCN1. The van der Waals surface area contributed by atoms with Gasteiger partial charge in [0.2, 0.25) is 5.91 Å². The summed E-state index contributed by atoms with van der Waals surface area (Å²) >= 11 is 0. The average Bonchev–Trinajstić information content (AvgIpc) is 2.68. The van der Waals surface area contributed by atoms with E-state index in [0.29, 0.717) is 17.9 Å². The Morgan fingerprint density at radius 3 is 2.92 bits per heavy atom. The van der Waals surface area contributed by atoms with Crippen LogP contribution in [-0.2, 0) is 4.79 Å². The number of rotatable bonds is 3. The highest BCUT2D eigenvalue weighted by atomic mass is 16.2. The third-order valence-corrected chi connectivity index (χ3v) is 3.13. The van der Waals surface area contributed by atoms with Crippen LogP contribution in [0.25, 0.3) is 0 Å². The Kier molecular flexibility index (Phi) is 2.54. The first-order valence-corrected chi connectivity index (χ1v) is 5.28. The number of nitrogens with one attached hydrogen (secondary N) is 2. The molecular weight excluding hydrogens is 164 g/mol. The van der Waals surface area contributed by atoms with Crippen molar-refractivity contribution in [2.45, 2.75) is 32.2 Å². The smallest absolute Gasteiger partial charge is 0.223 e. The first kappa shape index (κ1) is 9.00. The molecular formula is C10H18N2O. The fourth-order valence-electron chi connectivity index (χ4n) is 1.97. The van der Waals surface area contributed by atoms with Crippen LogP contribution in [0.3, 0.4) is 0 Å². The van der Waals surface area contributed by atoms with E-state index >= 15 is 0 Å². The molecule has 0 bridgehead atoms. The van der Waals surface area contributed by atoms with Gasteiger partial charge in [-0.15, -0.1) is 0 Å². The molecule has 0 aromatic rings. The van der Waals surface area contributed by atoms with Crippen molar-refractivity contribution in [3.63, 3.8) is 0 Å². The van der Waals surface area contributed by atoms with Crippen molar-refractivity contribution in [3.05, 3.63) is 0 Å². The predicted octanol–water partition coefficient (Wildman–Crippen LogP) is 0.511. The van der Waals surface area contributed by atoms with E-state index in [-0.39, 0.29) is 5.91 Å². The molecule has 3 nitrogen and oxygen atoms in total. The lowest BCUT2D eigenvalue weighted by Crippen LogP contribution is -2.37. The third kappa shape index (κ3) is 2.21. The van der Waals surface area contributed by atoms with Gasteiger partial charge in [-0.25, -0.2) is 0 Å². The molecule has 2 rings (SSSR count). The van der Waals surface area contributed by atoms with Crippen LogP contribution in [0, 0.1) is 11.8 Å². The minimum absolute atomic E-state index is 0.265. The van der Waals surface area contributed by atoms with Crippen LogP contribution >= 0.6 is 0 Å². The van der Waals surface area contributed by atoms with Gasteiger partial charge in [0.15, 0.2) is 0 Å². The molecule has 1 aliphatic heterocycles. The topological polar surface area (TPSA) is 41.1 Å². The largest absolute Gasteiger partial charge is 0.354 e. The summed E-state index contributed by atoms with van der Waals surface area (Å²) in [6.45, 7) is 4.07. The summed E-state index contributed by atoms with van der Waals surface area (Å²) in [6.07, 6.45) is 3.55. The number of carbonyl (C=O) groups excluding carboxylic acids is 1. The van der Waals surface area contributed by atoms with E-state index in [1.54, 1.807) is 0 Å². The van der Waals surface area contributed by atoms with Gasteiger partial charge in [0.05, 0.1) is 0 Å². The first-order valence-electron chi connectivity index (χ1n) is 5.28. The van der Waals surface area contributed by atoms with Crippen molar-refractivity contribution >= 4 is 5.91 Å². The summed E-state index contributed by atoms with van der Waals surface area (Å²) in [7, 11) is 0. The second kappa shape index (κ2) is 3.66. The zero-order valence-electron chi connectivity index (χ0n) is 8.18. The maximum atomic E-state index is 11.4. The Morgan fingerprint density at radius 2 is 2.38 bits per heavy atom. The Hall–Kier alpha value is -0.570. The quantitative estimate of drug-likeness (QED) is 0.667. The van der Waals surface area contributed by atoms with Gasteiger partial charge in [-0.3, -0.25) is 4.79 Å². The highest BCUT2D eigenvalue weighted by Crippen LogP contribution is 2.37. The molecule has 74 valence electrons. The molecule has 0 aromatic heterocycles. The van der Waals surface area contributed by atoms with Gasteiger partial charge in [-0.05, 0) is 31.7 Å². The lowest BCUT2D eigenvalue weighted by atomic mass is 10.2. The number of carbonyl (C=O) groups is 1. The van der Waals surface area contributed by atoms with Crippen molar-refractivity contribution in [1.29, 1.82) is 0 Å². The fraction of sp³-hybridized carbons (Fsp3) is 0.900. The van der Waals surface area contributed by atoms with E-state index in [2.05, 4.69) is 17.6 Å². The number of hydrogen-bond donors (Lipinski definition) is 2. The molecule has 2 N–H and O–H groups in total. The second-order valence-corrected chi connectivity index (χ2v) is 4.36. The first-order chi connectivity index (χ1) is 6.27. The van der Waals surface area contributed by atoms with Gasteiger partial charge in [-0.2, -0.15) is 0 Å². The van der Waals surface area contributed by atoms with E-state index in [1.165, 1.54) is 12.8 Å². The highest BCUT2D eigenvalue weighted by molar-refractivity contribution is 5.81. The minimum Gasteiger partial charge on any atom is -0.354 e. The summed E-state index contributed by atoms with van der Waals surface area (Å²) in [4.78, 5) is 11.4. The molecule has 1 saturated carbocycles. The zero-order chi connectivity index (χ0) is 9.26. The monoisotopic (exact) mass is 182 g/mol. The normalized spacial score (nSPS) is 37.5. The van der Waals surface area contributed by atoms with E-state index < -0.39 is 0 Å². The summed E-state index contributed by atoms with van der Waals surface area (Å²) in [5.74, 6) is 1.21. The lowest BCUT2D eigenvalue weighted by molar-refractivity contribution is -0.122. The highest BCUT2D eigenvalue weighted by Gasteiger charge is 2.39. The summed E-state index contributed by atoms with van der Waals surface area (Å²) in [5.41, 5.74) is 0. The van der Waals surface area contributed by atoms with E-state index in [0.717, 1.165) is 19.5 Å². The van der Waals surface area contributed by atoms with Gasteiger partial charge in [-0.1, -0.05) is 6.92 Å². The van der Waals surface area contributed by atoms with E-state index in [9.17, 15) is 4.79 Å². The zero-order valence-corrected chi connectivity index (χ0v) is 8.18. The van der Waals surface area contributed by atoms with Gasteiger partial charge in [0, 0.05) is 18.5 Å². The van der Waals surface area contributed by atoms with Crippen molar-refractivity contribution in [3.8, 4) is 0 Å². The summed E-state index contributed by atoms with van der Waals surface area (Å²) in [6, 6.07) is 0.526.